The molecule has 35 heavy (non-hydrogen) atoms. The first-order chi connectivity index (χ1) is 16.2. The molecule has 1 saturated heterocycles. The maximum Gasteiger partial charge on any atom is 0.160 e. The van der Waals surface area contributed by atoms with Crippen molar-refractivity contribution in [3.8, 4) is 11.5 Å². The van der Waals surface area contributed by atoms with Gasteiger partial charge in [0.05, 0.1) is 14.2 Å². The van der Waals surface area contributed by atoms with E-state index in [4.69, 9.17) is 9.47 Å². The number of hydrogen-bond acceptors (Lipinski definition) is 4. The van der Waals surface area contributed by atoms with Gasteiger partial charge in [-0.15, -0.1) is 24.8 Å². The topological polar surface area (TPSA) is 24.9 Å². The van der Waals surface area contributed by atoms with Crippen molar-refractivity contribution in [2.24, 2.45) is 0 Å². The molecule has 1 heterocycles. The third-order valence-corrected chi connectivity index (χ3v) is 6.54. The molecule has 0 radical (unpaired) electrons. The normalized spacial score (nSPS) is 14.9. The summed E-state index contributed by atoms with van der Waals surface area (Å²) < 4.78 is 24.3. The lowest BCUT2D eigenvalue weighted by molar-refractivity contribution is 0.0960. The Morgan fingerprint density at radius 1 is 0.771 bits per heavy atom. The van der Waals surface area contributed by atoms with E-state index in [2.05, 4.69) is 46.2 Å². The van der Waals surface area contributed by atoms with Crippen molar-refractivity contribution in [2.45, 2.75) is 18.9 Å². The fourth-order valence-corrected chi connectivity index (χ4v) is 4.60. The van der Waals surface area contributed by atoms with Crippen LogP contribution in [0.3, 0.4) is 0 Å². The van der Waals surface area contributed by atoms with E-state index < -0.39 is 0 Å². The van der Waals surface area contributed by atoms with Gasteiger partial charge in [-0.05, 0) is 53.8 Å². The molecule has 0 spiro atoms. The molecule has 7 heteroatoms. The van der Waals surface area contributed by atoms with Gasteiger partial charge < -0.3 is 14.4 Å². The molecule has 1 aliphatic heterocycles. The highest BCUT2D eigenvalue weighted by Crippen LogP contribution is 2.29. The zero-order valence-electron chi connectivity index (χ0n) is 20.4. The van der Waals surface area contributed by atoms with E-state index in [9.17, 15) is 4.39 Å². The molecule has 0 amide bonds. The first-order valence-corrected chi connectivity index (χ1v) is 11.6. The summed E-state index contributed by atoms with van der Waals surface area (Å²) in [6, 6.07) is 24.0. The highest BCUT2D eigenvalue weighted by Gasteiger charge is 2.25. The Morgan fingerprint density at radius 3 is 2.06 bits per heavy atom. The highest BCUT2D eigenvalue weighted by molar-refractivity contribution is 5.85. The molecule has 0 N–H and O–H groups in total. The van der Waals surface area contributed by atoms with Crippen molar-refractivity contribution in [1.29, 1.82) is 0 Å². The molecule has 3 aromatic rings. The fourth-order valence-electron chi connectivity index (χ4n) is 4.60. The highest BCUT2D eigenvalue weighted by atomic mass is 35.5. The third-order valence-electron chi connectivity index (χ3n) is 6.54. The Hall–Kier alpha value is -2.31. The lowest BCUT2D eigenvalue weighted by Crippen LogP contribution is -2.48. The number of ether oxygens (including phenoxy) is 2. The van der Waals surface area contributed by atoms with Crippen LogP contribution in [0.4, 0.5) is 4.39 Å². The van der Waals surface area contributed by atoms with Gasteiger partial charge in [0.25, 0.3) is 0 Å². The number of hydrogen-bond donors (Lipinski definition) is 0. The Bertz CT molecular complexity index is 1010. The van der Waals surface area contributed by atoms with Crippen LogP contribution in [0.5, 0.6) is 11.5 Å². The van der Waals surface area contributed by atoms with Gasteiger partial charge in [-0.3, -0.25) is 4.90 Å². The first kappa shape index (κ1) is 28.9. The number of methoxy groups -OCH3 is 2. The van der Waals surface area contributed by atoms with Crippen LogP contribution < -0.4 is 9.47 Å². The summed E-state index contributed by atoms with van der Waals surface area (Å²) in [6.07, 6.45) is 1.91. The van der Waals surface area contributed by atoms with E-state index in [1.165, 1.54) is 16.7 Å². The average Bonchev–Trinajstić information content (AvgIpc) is 2.87. The predicted octanol–water partition coefficient (Wildman–Crippen LogP) is 5.83. The second-order valence-corrected chi connectivity index (χ2v) is 8.57. The predicted molar refractivity (Wildman–Crippen MR) is 145 cm³/mol. The number of nitrogens with zero attached hydrogens (tertiary/aromatic N) is 2. The molecular weight excluding hydrogens is 486 g/mol. The van der Waals surface area contributed by atoms with E-state index >= 15 is 0 Å². The van der Waals surface area contributed by atoms with Crippen molar-refractivity contribution >= 4 is 24.8 Å². The molecule has 1 fully saturated rings. The summed E-state index contributed by atoms with van der Waals surface area (Å²) in [4.78, 5) is 5.07. The monoisotopic (exact) mass is 520 g/mol. The Labute approximate surface area is 220 Å². The minimum Gasteiger partial charge on any atom is -0.493 e. The van der Waals surface area contributed by atoms with Crippen LogP contribution in [0.1, 0.15) is 22.7 Å². The minimum absolute atomic E-state index is 0. The lowest BCUT2D eigenvalue weighted by Gasteiger charge is -2.39. The summed E-state index contributed by atoms with van der Waals surface area (Å²) in [5, 5.41) is 0. The van der Waals surface area contributed by atoms with Crippen LogP contribution in [0.2, 0.25) is 0 Å². The van der Waals surface area contributed by atoms with Gasteiger partial charge >= 0.3 is 0 Å². The Balaban J connectivity index is 0.00000216. The van der Waals surface area contributed by atoms with Crippen LogP contribution in [-0.4, -0.2) is 56.7 Å². The zero-order chi connectivity index (χ0) is 23.0. The van der Waals surface area contributed by atoms with E-state index in [-0.39, 0.29) is 36.7 Å². The summed E-state index contributed by atoms with van der Waals surface area (Å²) >= 11 is 0. The van der Waals surface area contributed by atoms with Crippen molar-refractivity contribution in [1.82, 2.24) is 9.80 Å². The van der Waals surface area contributed by atoms with Crippen LogP contribution in [0.25, 0.3) is 0 Å². The fraction of sp³-hybridized carbons (Fsp3) is 0.357. The molecule has 0 aliphatic carbocycles. The second-order valence-electron chi connectivity index (χ2n) is 8.57. The average molecular weight is 522 g/mol. The number of halogens is 3. The number of rotatable bonds is 9. The zero-order valence-corrected chi connectivity index (χ0v) is 22.0. The molecular formula is C28H35Cl2FN2O2. The second kappa shape index (κ2) is 14.3. The molecule has 0 bridgehead atoms. The summed E-state index contributed by atoms with van der Waals surface area (Å²) in [7, 11) is 3.34. The van der Waals surface area contributed by atoms with Gasteiger partial charge in [0.1, 0.15) is 5.82 Å². The largest absolute Gasteiger partial charge is 0.493 e. The van der Waals surface area contributed by atoms with Gasteiger partial charge in [0, 0.05) is 38.8 Å². The standard InChI is InChI=1S/C28H33FN2O2.2ClH/c1-32-27-13-8-23(21-28(27)33-2)14-15-30-16-18-31(19-17-30)26(20-22-6-4-3-5-7-22)24-9-11-25(29)12-10-24;;/h3-13,21,26H,14-20H2,1-2H3;2*1H. The lowest BCUT2D eigenvalue weighted by atomic mass is 9.96. The SMILES string of the molecule is COc1ccc(CCN2CCN(C(Cc3ccccc3)c3ccc(F)cc3)CC2)cc1OC.Cl.Cl. The van der Waals surface area contributed by atoms with Gasteiger partial charge in [0.2, 0.25) is 0 Å². The van der Waals surface area contributed by atoms with E-state index in [1.54, 1.807) is 26.4 Å². The van der Waals surface area contributed by atoms with Crippen molar-refractivity contribution in [3.05, 3.63) is 95.3 Å². The maximum atomic E-state index is 13.6. The maximum absolute atomic E-state index is 13.6. The molecule has 3 aromatic carbocycles. The van der Waals surface area contributed by atoms with Gasteiger partial charge in [-0.1, -0.05) is 48.5 Å². The molecule has 0 aromatic heterocycles. The van der Waals surface area contributed by atoms with E-state index in [1.807, 2.05) is 24.3 Å². The van der Waals surface area contributed by atoms with Crippen molar-refractivity contribution in [3.63, 3.8) is 0 Å². The minimum atomic E-state index is -0.183. The van der Waals surface area contributed by atoms with Crippen LogP contribution >= 0.6 is 24.8 Å². The van der Waals surface area contributed by atoms with Gasteiger partial charge in [-0.25, -0.2) is 4.39 Å². The molecule has 1 atom stereocenters. The van der Waals surface area contributed by atoms with Crippen molar-refractivity contribution in [2.75, 3.05) is 46.9 Å². The summed E-state index contributed by atoms with van der Waals surface area (Å²) in [6.45, 7) is 5.07. The number of piperazine rings is 1. The Morgan fingerprint density at radius 2 is 1.43 bits per heavy atom. The summed E-state index contributed by atoms with van der Waals surface area (Å²) in [5.74, 6) is 1.36. The molecule has 4 rings (SSSR count). The first-order valence-electron chi connectivity index (χ1n) is 11.6. The molecule has 1 unspecified atom stereocenters. The van der Waals surface area contributed by atoms with Crippen LogP contribution in [0.15, 0.2) is 72.8 Å². The van der Waals surface area contributed by atoms with E-state index in [0.717, 1.165) is 57.1 Å². The molecule has 4 nitrogen and oxygen atoms in total. The van der Waals surface area contributed by atoms with Crippen LogP contribution in [0, 0.1) is 5.82 Å². The van der Waals surface area contributed by atoms with Gasteiger partial charge in [0.15, 0.2) is 11.5 Å². The quantitative estimate of drug-likeness (QED) is 0.354. The van der Waals surface area contributed by atoms with E-state index in [0.29, 0.717) is 0 Å². The van der Waals surface area contributed by atoms with Gasteiger partial charge in [-0.2, -0.15) is 0 Å². The number of benzene rings is 3. The molecule has 1 aliphatic rings. The Kier molecular flexibility index (Phi) is 11.8. The molecule has 0 saturated carbocycles. The third kappa shape index (κ3) is 7.84. The molecule has 190 valence electrons. The smallest absolute Gasteiger partial charge is 0.160 e. The summed E-state index contributed by atoms with van der Waals surface area (Å²) in [5.41, 5.74) is 3.74. The van der Waals surface area contributed by atoms with Crippen molar-refractivity contribution < 1.29 is 13.9 Å². The van der Waals surface area contributed by atoms with Crippen LogP contribution in [-0.2, 0) is 12.8 Å².